The van der Waals surface area contributed by atoms with E-state index >= 15 is 0 Å². The van der Waals surface area contributed by atoms with Crippen molar-refractivity contribution in [2.75, 3.05) is 7.05 Å². The van der Waals surface area contributed by atoms with Crippen molar-refractivity contribution >= 4 is 29.1 Å². The van der Waals surface area contributed by atoms with E-state index in [4.69, 9.17) is 11.6 Å². The average Bonchev–Trinajstić information content (AvgIpc) is 2.63. The molecule has 0 aliphatic rings. The number of carbonyl (C=O) groups excluding carboxylic acids is 2. The number of rotatable bonds is 6. The minimum Gasteiger partial charge on any atom is -0.341 e. The van der Waals surface area contributed by atoms with Gasteiger partial charge in [0.2, 0.25) is 5.91 Å². The smallest absolute Gasteiger partial charge is 0.269 e. The number of nitro benzene ring substituents is 1. The summed E-state index contributed by atoms with van der Waals surface area (Å²) >= 11 is 6.06. The zero-order valence-electron chi connectivity index (χ0n) is 14.3. The minimum absolute atomic E-state index is 0.0882. The molecule has 0 radical (unpaired) electrons. The topological polar surface area (TPSA) is 92.6 Å². The molecule has 2 rings (SSSR count). The number of hydrogen-bond acceptors (Lipinski definition) is 4. The minimum atomic E-state index is -0.759. The molecule has 0 aliphatic carbocycles. The number of nitro groups is 1. The molecule has 0 saturated heterocycles. The molecular weight excluding hydrogens is 358 g/mol. The van der Waals surface area contributed by atoms with Crippen LogP contribution >= 0.6 is 11.6 Å². The number of nitrogens with one attached hydrogen (secondary N) is 1. The van der Waals surface area contributed by atoms with E-state index in [9.17, 15) is 19.7 Å². The molecule has 1 atom stereocenters. The van der Waals surface area contributed by atoms with Crippen LogP contribution in [0.2, 0.25) is 5.02 Å². The molecule has 2 aromatic carbocycles. The highest BCUT2D eigenvalue weighted by atomic mass is 35.5. The van der Waals surface area contributed by atoms with E-state index in [2.05, 4.69) is 5.32 Å². The summed E-state index contributed by atoms with van der Waals surface area (Å²) in [5, 5.41) is 13.8. The van der Waals surface area contributed by atoms with Gasteiger partial charge in [0.25, 0.3) is 11.6 Å². The van der Waals surface area contributed by atoms with Crippen LogP contribution < -0.4 is 5.32 Å². The number of non-ortho nitro benzene ring substituents is 1. The second kappa shape index (κ2) is 8.44. The molecule has 0 saturated carbocycles. The van der Waals surface area contributed by atoms with Gasteiger partial charge in [0.15, 0.2) is 0 Å². The normalized spacial score (nSPS) is 11.5. The summed E-state index contributed by atoms with van der Waals surface area (Å²) in [6, 6.07) is 11.9. The predicted molar refractivity (Wildman–Crippen MR) is 98.0 cm³/mol. The Kier molecular flexibility index (Phi) is 6.30. The average molecular weight is 376 g/mol. The molecule has 0 spiro atoms. The van der Waals surface area contributed by atoms with Gasteiger partial charge < -0.3 is 10.2 Å². The summed E-state index contributed by atoms with van der Waals surface area (Å²) in [5.41, 5.74) is 0.811. The van der Waals surface area contributed by atoms with Gasteiger partial charge in [-0.25, -0.2) is 0 Å². The van der Waals surface area contributed by atoms with Crippen molar-refractivity contribution in [2.45, 2.75) is 19.5 Å². The molecule has 7 nitrogen and oxygen atoms in total. The van der Waals surface area contributed by atoms with Crippen LogP contribution in [0.1, 0.15) is 22.8 Å². The van der Waals surface area contributed by atoms with Crippen LogP contribution in [0.4, 0.5) is 5.69 Å². The van der Waals surface area contributed by atoms with E-state index in [0.29, 0.717) is 16.1 Å². The van der Waals surface area contributed by atoms with Crippen molar-refractivity contribution in [1.82, 2.24) is 10.2 Å². The van der Waals surface area contributed by atoms with E-state index in [-0.39, 0.29) is 24.0 Å². The van der Waals surface area contributed by atoms with E-state index in [1.165, 1.54) is 23.1 Å². The lowest BCUT2D eigenvalue weighted by Gasteiger charge is -2.22. The second-order valence-electron chi connectivity index (χ2n) is 5.79. The molecule has 8 heteroatoms. The number of benzene rings is 2. The Labute approximate surface area is 155 Å². The molecule has 26 heavy (non-hydrogen) atoms. The highest BCUT2D eigenvalue weighted by Gasteiger charge is 2.21. The van der Waals surface area contributed by atoms with Gasteiger partial charge in [0, 0.05) is 36.3 Å². The van der Waals surface area contributed by atoms with Crippen molar-refractivity contribution in [3.05, 3.63) is 74.8 Å². The monoisotopic (exact) mass is 375 g/mol. The Morgan fingerprint density at radius 1 is 1.23 bits per heavy atom. The molecule has 0 aliphatic heterocycles. The predicted octanol–water partition coefficient (Wildman–Crippen LogP) is 3.03. The van der Waals surface area contributed by atoms with Gasteiger partial charge >= 0.3 is 0 Å². The third-order valence-corrected chi connectivity index (χ3v) is 4.15. The summed E-state index contributed by atoms with van der Waals surface area (Å²) in [6.07, 6.45) is 0. The maximum absolute atomic E-state index is 12.5. The first-order valence-electron chi connectivity index (χ1n) is 7.83. The van der Waals surface area contributed by atoms with Gasteiger partial charge in [-0.1, -0.05) is 29.8 Å². The number of carbonyl (C=O) groups is 2. The third-order valence-electron chi connectivity index (χ3n) is 3.78. The zero-order chi connectivity index (χ0) is 19.3. The van der Waals surface area contributed by atoms with Crippen LogP contribution in [0.25, 0.3) is 0 Å². The Hall–Kier alpha value is -2.93. The summed E-state index contributed by atoms with van der Waals surface area (Å²) in [5.74, 6) is -0.690. The van der Waals surface area contributed by atoms with Crippen molar-refractivity contribution in [3.63, 3.8) is 0 Å². The lowest BCUT2D eigenvalue weighted by atomic mass is 10.1. The molecular formula is C18H18ClN3O4. The Morgan fingerprint density at radius 3 is 2.50 bits per heavy atom. The SMILES string of the molecule is CC(NC(=O)c1ccccc1)C(=O)N(C)Cc1cc([N+](=O)[O-])ccc1Cl. The van der Waals surface area contributed by atoms with Crippen molar-refractivity contribution in [1.29, 1.82) is 0 Å². The Bertz CT molecular complexity index is 826. The Morgan fingerprint density at radius 2 is 1.88 bits per heavy atom. The first kappa shape index (κ1) is 19.4. The fraction of sp³-hybridized carbons (Fsp3) is 0.222. The number of nitrogens with zero attached hydrogens (tertiary/aromatic N) is 2. The lowest BCUT2D eigenvalue weighted by Crippen LogP contribution is -2.45. The van der Waals surface area contributed by atoms with Crippen LogP contribution in [0, 0.1) is 10.1 Å². The maximum Gasteiger partial charge on any atom is 0.269 e. The van der Waals surface area contributed by atoms with Gasteiger partial charge in [0.05, 0.1) is 4.92 Å². The molecule has 1 unspecified atom stereocenters. The van der Waals surface area contributed by atoms with Crippen LogP contribution in [0.3, 0.4) is 0 Å². The molecule has 1 N–H and O–H groups in total. The summed E-state index contributed by atoms with van der Waals surface area (Å²) in [7, 11) is 1.54. The molecule has 2 aromatic rings. The molecule has 2 amide bonds. The number of hydrogen-bond donors (Lipinski definition) is 1. The lowest BCUT2D eigenvalue weighted by molar-refractivity contribution is -0.384. The van der Waals surface area contributed by atoms with Crippen LogP contribution in [-0.4, -0.2) is 34.7 Å². The first-order chi connectivity index (χ1) is 12.3. The fourth-order valence-corrected chi connectivity index (χ4v) is 2.57. The third kappa shape index (κ3) is 4.80. The van der Waals surface area contributed by atoms with Crippen LogP contribution in [0.5, 0.6) is 0 Å². The maximum atomic E-state index is 12.5. The van der Waals surface area contributed by atoms with Gasteiger partial charge in [0.1, 0.15) is 6.04 Å². The van der Waals surface area contributed by atoms with E-state index in [1.807, 2.05) is 0 Å². The summed E-state index contributed by atoms with van der Waals surface area (Å²) in [6.45, 7) is 1.67. The summed E-state index contributed by atoms with van der Waals surface area (Å²) in [4.78, 5) is 36.3. The highest BCUT2D eigenvalue weighted by Crippen LogP contribution is 2.23. The number of amides is 2. The number of halogens is 1. The summed E-state index contributed by atoms with van der Waals surface area (Å²) < 4.78 is 0. The van der Waals surface area contributed by atoms with Crippen LogP contribution in [0.15, 0.2) is 48.5 Å². The van der Waals surface area contributed by atoms with Crippen molar-refractivity contribution in [3.8, 4) is 0 Å². The molecule has 0 fully saturated rings. The number of likely N-dealkylation sites (N-methyl/N-ethyl adjacent to an activating group) is 1. The molecule has 0 aromatic heterocycles. The van der Waals surface area contributed by atoms with Gasteiger partial charge in [-0.3, -0.25) is 19.7 Å². The quantitative estimate of drug-likeness (QED) is 0.620. The van der Waals surface area contributed by atoms with E-state index in [0.717, 1.165) is 0 Å². The fourth-order valence-electron chi connectivity index (χ4n) is 2.39. The van der Waals surface area contributed by atoms with Crippen molar-refractivity contribution in [2.24, 2.45) is 0 Å². The second-order valence-corrected chi connectivity index (χ2v) is 6.20. The van der Waals surface area contributed by atoms with Gasteiger partial charge in [-0.2, -0.15) is 0 Å². The largest absolute Gasteiger partial charge is 0.341 e. The first-order valence-corrected chi connectivity index (χ1v) is 8.21. The molecule has 136 valence electrons. The molecule has 0 heterocycles. The van der Waals surface area contributed by atoms with Crippen molar-refractivity contribution < 1.29 is 14.5 Å². The Balaban J connectivity index is 2.04. The van der Waals surface area contributed by atoms with Gasteiger partial charge in [-0.05, 0) is 30.7 Å². The van der Waals surface area contributed by atoms with Crippen LogP contribution in [-0.2, 0) is 11.3 Å². The van der Waals surface area contributed by atoms with E-state index < -0.39 is 11.0 Å². The van der Waals surface area contributed by atoms with Gasteiger partial charge in [-0.15, -0.1) is 0 Å². The zero-order valence-corrected chi connectivity index (χ0v) is 15.1. The highest BCUT2D eigenvalue weighted by molar-refractivity contribution is 6.31. The molecule has 0 bridgehead atoms. The van der Waals surface area contributed by atoms with E-state index in [1.54, 1.807) is 44.3 Å². The standard InChI is InChI=1S/C18H18ClN3O4/c1-12(20-17(23)13-6-4-3-5-7-13)18(24)21(2)11-14-10-15(22(25)26)8-9-16(14)19/h3-10,12H,11H2,1-2H3,(H,20,23).